The Hall–Kier alpha value is -2.18. The van der Waals surface area contributed by atoms with E-state index in [-0.39, 0.29) is 30.6 Å². The fourth-order valence-electron chi connectivity index (χ4n) is 3.02. The van der Waals surface area contributed by atoms with Crippen LogP contribution in [0.4, 0.5) is 0 Å². The van der Waals surface area contributed by atoms with Gasteiger partial charge < -0.3 is 15.0 Å². The molecule has 0 bridgehead atoms. The summed E-state index contributed by atoms with van der Waals surface area (Å²) in [7, 11) is 5.59. The summed E-state index contributed by atoms with van der Waals surface area (Å²) in [6, 6.07) is 9.77. The van der Waals surface area contributed by atoms with Crippen LogP contribution in [0.15, 0.2) is 30.3 Å². The third-order valence-electron chi connectivity index (χ3n) is 4.52. The normalized spacial score (nSPS) is 12.1. The molecule has 0 aliphatic carbocycles. The van der Waals surface area contributed by atoms with Crippen LogP contribution in [-0.4, -0.2) is 44.3 Å². The van der Waals surface area contributed by atoms with E-state index < -0.39 is 0 Å². The van der Waals surface area contributed by atoms with Crippen molar-refractivity contribution in [3.63, 3.8) is 0 Å². The molecular formula is C21H28N2O3S. The number of hydrogen-bond acceptors (Lipinski definition) is 5. The van der Waals surface area contributed by atoms with Gasteiger partial charge in [0.1, 0.15) is 5.75 Å². The Balaban J connectivity index is 1.90. The summed E-state index contributed by atoms with van der Waals surface area (Å²) in [5.41, 5.74) is 1.81. The van der Waals surface area contributed by atoms with Gasteiger partial charge in [-0.05, 0) is 51.7 Å². The number of carbonyl (C=O) groups is 2. The fourth-order valence-corrected chi connectivity index (χ4v) is 3.96. The molecule has 2 rings (SSSR count). The number of thiophene rings is 1. The van der Waals surface area contributed by atoms with Crippen LogP contribution < -0.4 is 10.1 Å². The van der Waals surface area contributed by atoms with Gasteiger partial charge in [0.2, 0.25) is 5.91 Å². The van der Waals surface area contributed by atoms with E-state index in [0.717, 1.165) is 26.6 Å². The largest absolute Gasteiger partial charge is 0.497 e. The van der Waals surface area contributed by atoms with Crippen molar-refractivity contribution >= 4 is 23.0 Å². The zero-order valence-electron chi connectivity index (χ0n) is 16.7. The topological polar surface area (TPSA) is 58.6 Å². The molecule has 0 saturated carbocycles. The van der Waals surface area contributed by atoms with Gasteiger partial charge in [0.15, 0.2) is 5.78 Å². The third-order valence-corrected chi connectivity index (χ3v) is 5.48. The SMILES string of the molecule is COc1cccc(C(CNC(=O)CCC(=O)c2cc(C)sc2C)N(C)C)c1. The number of aryl methyl sites for hydroxylation is 2. The van der Waals surface area contributed by atoms with Crippen molar-refractivity contribution in [2.24, 2.45) is 0 Å². The Kier molecular flexibility index (Phi) is 7.56. The van der Waals surface area contributed by atoms with Gasteiger partial charge in [0, 0.05) is 34.7 Å². The number of nitrogens with one attached hydrogen (secondary N) is 1. The van der Waals surface area contributed by atoms with Gasteiger partial charge in [-0.1, -0.05) is 12.1 Å². The molecule has 1 N–H and O–H groups in total. The molecule has 0 saturated heterocycles. The lowest BCUT2D eigenvalue weighted by molar-refractivity contribution is -0.121. The number of carbonyl (C=O) groups excluding carboxylic acids is 2. The van der Waals surface area contributed by atoms with Crippen LogP contribution in [0.25, 0.3) is 0 Å². The molecule has 1 atom stereocenters. The molecule has 1 unspecified atom stereocenters. The number of ether oxygens (including phenoxy) is 1. The van der Waals surface area contributed by atoms with E-state index in [1.807, 2.05) is 58.3 Å². The lowest BCUT2D eigenvalue weighted by atomic mass is 10.0. The monoisotopic (exact) mass is 388 g/mol. The summed E-state index contributed by atoms with van der Waals surface area (Å²) in [5, 5.41) is 2.96. The van der Waals surface area contributed by atoms with E-state index in [0.29, 0.717) is 6.54 Å². The highest BCUT2D eigenvalue weighted by atomic mass is 32.1. The highest BCUT2D eigenvalue weighted by Crippen LogP contribution is 2.23. The maximum Gasteiger partial charge on any atom is 0.220 e. The van der Waals surface area contributed by atoms with Gasteiger partial charge in [-0.2, -0.15) is 0 Å². The average molecular weight is 389 g/mol. The molecule has 1 aromatic carbocycles. The molecule has 5 nitrogen and oxygen atoms in total. The Labute approximate surface area is 165 Å². The number of ketones is 1. The van der Waals surface area contributed by atoms with E-state index >= 15 is 0 Å². The minimum absolute atomic E-state index is 0.0292. The van der Waals surface area contributed by atoms with Crippen LogP contribution in [0.1, 0.15) is 44.6 Å². The maximum absolute atomic E-state index is 12.3. The molecule has 1 amide bonds. The number of amides is 1. The fraction of sp³-hybridized carbons (Fsp3) is 0.429. The number of likely N-dealkylation sites (N-methyl/N-ethyl adjacent to an activating group) is 1. The number of nitrogens with zero attached hydrogens (tertiary/aromatic N) is 1. The molecule has 0 spiro atoms. The Bertz CT molecular complexity index is 798. The predicted octanol–water partition coefficient (Wildman–Crippen LogP) is 3.76. The first-order chi connectivity index (χ1) is 12.8. The molecule has 1 aromatic heterocycles. The molecule has 2 aromatic rings. The lowest BCUT2D eigenvalue weighted by Crippen LogP contribution is -2.34. The quantitative estimate of drug-likeness (QED) is 0.665. The standard InChI is InChI=1S/C21H28N2O3S/c1-14-11-18(15(2)27-14)20(24)9-10-21(25)22-13-19(23(3)4)16-7-6-8-17(12-16)26-5/h6-8,11-12,19H,9-10,13H2,1-5H3,(H,22,25). The van der Waals surface area contributed by atoms with E-state index in [4.69, 9.17) is 4.74 Å². The second-order valence-corrected chi connectivity index (χ2v) is 8.27. The van der Waals surface area contributed by atoms with Crippen molar-refractivity contribution in [3.05, 3.63) is 51.2 Å². The Morgan fingerprint density at radius 3 is 2.52 bits per heavy atom. The molecule has 0 radical (unpaired) electrons. The number of rotatable bonds is 9. The van der Waals surface area contributed by atoms with Crippen molar-refractivity contribution in [1.82, 2.24) is 10.2 Å². The minimum Gasteiger partial charge on any atom is -0.497 e. The van der Waals surface area contributed by atoms with E-state index in [2.05, 4.69) is 10.2 Å². The summed E-state index contributed by atoms with van der Waals surface area (Å²) in [6.45, 7) is 4.41. The van der Waals surface area contributed by atoms with Crippen molar-refractivity contribution in [1.29, 1.82) is 0 Å². The highest BCUT2D eigenvalue weighted by molar-refractivity contribution is 7.12. The lowest BCUT2D eigenvalue weighted by Gasteiger charge is -2.25. The summed E-state index contributed by atoms with van der Waals surface area (Å²) in [6.07, 6.45) is 0.431. The van der Waals surface area contributed by atoms with Gasteiger partial charge in [0.25, 0.3) is 0 Å². The summed E-state index contributed by atoms with van der Waals surface area (Å²) in [5.74, 6) is 0.712. The molecule has 146 valence electrons. The second kappa shape index (κ2) is 9.67. The van der Waals surface area contributed by atoms with Crippen LogP contribution in [0.2, 0.25) is 0 Å². The predicted molar refractivity (Wildman–Crippen MR) is 110 cm³/mol. The van der Waals surface area contributed by atoms with Crippen LogP contribution in [0.3, 0.4) is 0 Å². The zero-order valence-corrected chi connectivity index (χ0v) is 17.5. The van der Waals surface area contributed by atoms with Crippen LogP contribution in [0.5, 0.6) is 5.75 Å². The van der Waals surface area contributed by atoms with Crippen LogP contribution in [-0.2, 0) is 4.79 Å². The summed E-state index contributed by atoms with van der Waals surface area (Å²) in [4.78, 5) is 28.8. The Morgan fingerprint density at radius 2 is 1.93 bits per heavy atom. The number of hydrogen-bond donors (Lipinski definition) is 1. The van der Waals surface area contributed by atoms with Crippen molar-refractivity contribution in [2.75, 3.05) is 27.7 Å². The number of Topliss-reactive ketones (excluding diaryl/α,β-unsaturated/α-hetero) is 1. The van der Waals surface area contributed by atoms with Gasteiger partial charge in [0.05, 0.1) is 13.2 Å². The molecule has 0 aliphatic rings. The zero-order chi connectivity index (χ0) is 20.0. The van der Waals surface area contributed by atoms with Crippen molar-refractivity contribution in [2.45, 2.75) is 32.7 Å². The van der Waals surface area contributed by atoms with Crippen molar-refractivity contribution in [3.8, 4) is 5.75 Å². The molecule has 0 aliphatic heterocycles. The first-order valence-corrected chi connectivity index (χ1v) is 9.80. The molecule has 1 heterocycles. The maximum atomic E-state index is 12.3. The van der Waals surface area contributed by atoms with E-state index in [9.17, 15) is 9.59 Å². The summed E-state index contributed by atoms with van der Waals surface area (Å²) < 4.78 is 5.29. The highest BCUT2D eigenvalue weighted by Gasteiger charge is 2.17. The first-order valence-electron chi connectivity index (χ1n) is 8.99. The van der Waals surface area contributed by atoms with Gasteiger partial charge in [-0.3, -0.25) is 9.59 Å². The smallest absolute Gasteiger partial charge is 0.220 e. The number of methoxy groups -OCH3 is 1. The van der Waals surface area contributed by atoms with E-state index in [1.54, 1.807) is 18.4 Å². The van der Waals surface area contributed by atoms with Crippen LogP contribution >= 0.6 is 11.3 Å². The Morgan fingerprint density at radius 1 is 1.19 bits per heavy atom. The molecule has 27 heavy (non-hydrogen) atoms. The first kappa shape index (κ1) is 21.1. The van der Waals surface area contributed by atoms with Gasteiger partial charge in [-0.25, -0.2) is 0 Å². The minimum atomic E-state index is -0.109. The van der Waals surface area contributed by atoms with Crippen molar-refractivity contribution < 1.29 is 14.3 Å². The third kappa shape index (κ3) is 5.91. The molecule has 0 fully saturated rings. The summed E-state index contributed by atoms with van der Waals surface area (Å²) >= 11 is 1.61. The van der Waals surface area contributed by atoms with Crippen LogP contribution in [0, 0.1) is 13.8 Å². The van der Waals surface area contributed by atoms with E-state index in [1.165, 1.54) is 0 Å². The van der Waals surface area contributed by atoms with Gasteiger partial charge in [-0.15, -0.1) is 11.3 Å². The molecule has 6 heteroatoms. The average Bonchev–Trinajstić information content (AvgIpc) is 2.98. The van der Waals surface area contributed by atoms with Gasteiger partial charge >= 0.3 is 0 Å². The second-order valence-electron chi connectivity index (χ2n) is 6.81. The number of benzene rings is 1. The molecular weight excluding hydrogens is 360 g/mol.